The summed E-state index contributed by atoms with van der Waals surface area (Å²) in [5.41, 5.74) is 0.820. The fourth-order valence-electron chi connectivity index (χ4n) is 1.95. The summed E-state index contributed by atoms with van der Waals surface area (Å²) in [6.07, 6.45) is 0.659. The van der Waals surface area contributed by atoms with Gasteiger partial charge in [0.2, 0.25) is 0 Å². The van der Waals surface area contributed by atoms with Crippen molar-refractivity contribution in [3.63, 3.8) is 0 Å². The third-order valence-corrected chi connectivity index (χ3v) is 6.07. The predicted molar refractivity (Wildman–Crippen MR) is 68.2 cm³/mol. The summed E-state index contributed by atoms with van der Waals surface area (Å²) in [6.45, 7) is 1.84. The second-order valence-corrected chi connectivity index (χ2v) is 7.62. The Bertz CT molecular complexity index is 510. The molecule has 0 saturated carbocycles. The standard InChI is InChI=1S/C10H16N2O3S2/c1-7-9(5-13)16-10(11-7)12(2)8-3-4-17(14,15)6-8/h8,13H,3-6H2,1-2H3. The highest BCUT2D eigenvalue weighted by Crippen LogP contribution is 2.29. The van der Waals surface area contributed by atoms with E-state index in [1.165, 1.54) is 11.3 Å². The van der Waals surface area contributed by atoms with Crippen LogP contribution >= 0.6 is 11.3 Å². The maximum atomic E-state index is 11.4. The average Bonchev–Trinajstić information content (AvgIpc) is 2.80. The van der Waals surface area contributed by atoms with Crippen LogP contribution in [0.1, 0.15) is 17.0 Å². The van der Waals surface area contributed by atoms with Gasteiger partial charge in [0, 0.05) is 13.1 Å². The van der Waals surface area contributed by atoms with E-state index < -0.39 is 9.84 Å². The van der Waals surface area contributed by atoms with Crippen LogP contribution in [0.15, 0.2) is 0 Å². The van der Waals surface area contributed by atoms with E-state index in [1.54, 1.807) is 0 Å². The Labute approximate surface area is 105 Å². The van der Waals surface area contributed by atoms with Gasteiger partial charge in [-0.25, -0.2) is 13.4 Å². The highest BCUT2D eigenvalue weighted by molar-refractivity contribution is 7.91. The fraction of sp³-hybridized carbons (Fsp3) is 0.700. The lowest BCUT2D eigenvalue weighted by atomic mass is 10.2. The van der Waals surface area contributed by atoms with Crippen LogP contribution in [-0.2, 0) is 16.4 Å². The average molecular weight is 276 g/mol. The number of aliphatic hydroxyl groups excluding tert-OH is 1. The third-order valence-electron chi connectivity index (χ3n) is 3.08. The fourth-order valence-corrected chi connectivity index (χ4v) is 4.68. The lowest BCUT2D eigenvalue weighted by molar-refractivity contribution is 0.284. The van der Waals surface area contributed by atoms with E-state index in [-0.39, 0.29) is 24.2 Å². The highest BCUT2D eigenvalue weighted by Gasteiger charge is 2.31. The van der Waals surface area contributed by atoms with Crippen molar-refractivity contribution >= 4 is 26.3 Å². The van der Waals surface area contributed by atoms with Crippen LogP contribution in [0.3, 0.4) is 0 Å². The van der Waals surface area contributed by atoms with Gasteiger partial charge >= 0.3 is 0 Å². The van der Waals surface area contributed by atoms with Gasteiger partial charge in [0.05, 0.1) is 28.7 Å². The van der Waals surface area contributed by atoms with Crippen molar-refractivity contribution in [3.8, 4) is 0 Å². The summed E-state index contributed by atoms with van der Waals surface area (Å²) in [7, 11) is -1.01. The molecular formula is C10H16N2O3S2. The van der Waals surface area contributed by atoms with Crippen molar-refractivity contribution in [1.82, 2.24) is 4.98 Å². The maximum Gasteiger partial charge on any atom is 0.185 e. The zero-order chi connectivity index (χ0) is 12.6. The molecule has 0 bridgehead atoms. The molecule has 1 aromatic rings. The van der Waals surface area contributed by atoms with Crippen LogP contribution in [0, 0.1) is 6.92 Å². The first kappa shape index (κ1) is 12.8. The first-order valence-corrected chi connectivity index (χ1v) is 8.07. The van der Waals surface area contributed by atoms with Crippen LogP contribution in [-0.4, -0.2) is 43.1 Å². The minimum Gasteiger partial charge on any atom is -0.391 e. The monoisotopic (exact) mass is 276 g/mol. The molecule has 96 valence electrons. The number of sulfone groups is 1. The minimum atomic E-state index is -2.87. The quantitative estimate of drug-likeness (QED) is 0.874. The Hall–Kier alpha value is -0.660. The van der Waals surface area contributed by atoms with Gasteiger partial charge in [-0.1, -0.05) is 11.3 Å². The Morgan fingerprint density at radius 3 is 2.76 bits per heavy atom. The van der Waals surface area contributed by atoms with Crippen molar-refractivity contribution in [2.24, 2.45) is 0 Å². The number of aromatic nitrogens is 1. The second kappa shape index (κ2) is 4.55. The van der Waals surface area contributed by atoms with Gasteiger partial charge in [0.25, 0.3) is 0 Å². The van der Waals surface area contributed by atoms with Crippen molar-refractivity contribution < 1.29 is 13.5 Å². The smallest absolute Gasteiger partial charge is 0.185 e. The molecule has 1 aromatic heterocycles. The van der Waals surface area contributed by atoms with Crippen LogP contribution in [0.25, 0.3) is 0 Å². The molecule has 0 aromatic carbocycles. The van der Waals surface area contributed by atoms with Crippen molar-refractivity contribution in [2.45, 2.75) is 26.0 Å². The number of anilines is 1. The second-order valence-electron chi connectivity index (χ2n) is 4.33. The molecule has 0 amide bonds. The third kappa shape index (κ3) is 2.61. The van der Waals surface area contributed by atoms with Crippen molar-refractivity contribution in [2.75, 3.05) is 23.5 Å². The van der Waals surface area contributed by atoms with Gasteiger partial charge in [-0.15, -0.1) is 0 Å². The zero-order valence-electron chi connectivity index (χ0n) is 9.88. The molecule has 2 heterocycles. The van der Waals surface area contributed by atoms with Gasteiger partial charge in [0.15, 0.2) is 15.0 Å². The van der Waals surface area contributed by atoms with E-state index in [9.17, 15) is 8.42 Å². The predicted octanol–water partition coefficient (Wildman–Crippen LogP) is 0.567. The normalized spacial score (nSPS) is 22.9. The van der Waals surface area contributed by atoms with E-state index in [2.05, 4.69) is 4.98 Å². The first-order valence-electron chi connectivity index (χ1n) is 5.43. The lowest BCUT2D eigenvalue weighted by Crippen LogP contribution is -2.32. The van der Waals surface area contributed by atoms with E-state index in [0.29, 0.717) is 6.42 Å². The number of hydrogen-bond donors (Lipinski definition) is 1. The molecule has 1 atom stereocenters. The van der Waals surface area contributed by atoms with E-state index in [0.717, 1.165) is 15.7 Å². The number of aliphatic hydroxyl groups is 1. The van der Waals surface area contributed by atoms with Gasteiger partial charge in [-0.3, -0.25) is 0 Å². The van der Waals surface area contributed by atoms with Gasteiger partial charge in [0.1, 0.15) is 0 Å². The maximum absolute atomic E-state index is 11.4. The Kier molecular flexibility index (Phi) is 3.42. The van der Waals surface area contributed by atoms with E-state index >= 15 is 0 Å². The molecule has 1 N–H and O–H groups in total. The van der Waals surface area contributed by atoms with E-state index in [4.69, 9.17) is 5.11 Å². The Morgan fingerprint density at radius 2 is 2.29 bits per heavy atom. The molecule has 7 heteroatoms. The molecule has 0 aliphatic carbocycles. The summed E-state index contributed by atoms with van der Waals surface area (Å²) in [6, 6.07) is 0.0112. The molecule has 1 fully saturated rings. The number of nitrogens with zero attached hydrogens (tertiary/aromatic N) is 2. The van der Waals surface area contributed by atoms with E-state index in [1.807, 2.05) is 18.9 Å². The van der Waals surface area contributed by atoms with Gasteiger partial charge in [-0.05, 0) is 13.3 Å². The van der Waals surface area contributed by atoms with Gasteiger partial charge < -0.3 is 10.0 Å². The topological polar surface area (TPSA) is 70.5 Å². The SMILES string of the molecule is Cc1nc(N(C)C2CCS(=O)(=O)C2)sc1CO. The molecule has 1 unspecified atom stereocenters. The first-order chi connectivity index (χ1) is 7.93. The minimum absolute atomic E-state index is 0.0112. The number of rotatable bonds is 3. The molecular weight excluding hydrogens is 260 g/mol. The lowest BCUT2D eigenvalue weighted by Gasteiger charge is -2.22. The highest BCUT2D eigenvalue weighted by atomic mass is 32.2. The summed E-state index contributed by atoms with van der Waals surface area (Å²) >= 11 is 1.42. The number of hydrogen-bond acceptors (Lipinski definition) is 6. The molecule has 1 saturated heterocycles. The molecule has 1 aliphatic heterocycles. The number of thiazole rings is 1. The molecule has 2 rings (SSSR count). The van der Waals surface area contributed by atoms with Crippen molar-refractivity contribution in [3.05, 3.63) is 10.6 Å². The van der Waals surface area contributed by atoms with Crippen LogP contribution in [0.4, 0.5) is 5.13 Å². The van der Waals surface area contributed by atoms with Crippen LogP contribution in [0.2, 0.25) is 0 Å². The Balaban J connectivity index is 2.17. The molecule has 1 aliphatic rings. The molecule has 17 heavy (non-hydrogen) atoms. The summed E-state index contributed by atoms with van der Waals surface area (Å²) < 4.78 is 22.8. The number of aryl methyl sites for hydroxylation is 1. The summed E-state index contributed by atoms with van der Waals surface area (Å²) in [5, 5.41) is 9.90. The summed E-state index contributed by atoms with van der Waals surface area (Å²) in [4.78, 5) is 7.12. The molecule has 5 nitrogen and oxygen atoms in total. The largest absolute Gasteiger partial charge is 0.391 e. The molecule has 0 radical (unpaired) electrons. The molecule has 0 spiro atoms. The summed E-state index contributed by atoms with van der Waals surface area (Å²) in [5.74, 6) is 0.468. The van der Waals surface area contributed by atoms with Crippen molar-refractivity contribution in [1.29, 1.82) is 0 Å². The van der Waals surface area contributed by atoms with Crippen LogP contribution in [0.5, 0.6) is 0 Å². The Morgan fingerprint density at radius 1 is 1.59 bits per heavy atom. The van der Waals surface area contributed by atoms with Crippen LogP contribution < -0.4 is 4.90 Å². The van der Waals surface area contributed by atoms with Gasteiger partial charge in [-0.2, -0.15) is 0 Å². The zero-order valence-corrected chi connectivity index (χ0v) is 11.5.